The van der Waals surface area contributed by atoms with Crippen molar-refractivity contribution in [2.24, 2.45) is 0 Å². The summed E-state index contributed by atoms with van der Waals surface area (Å²) in [5.74, 6) is 0.421. The van der Waals surface area contributed by atoms with E-state index in [0.717, 1.165) is 43.3 Å². The van der Waals surface area contributed by atoms with Gasteiger partial charge in [0.05, 0.1) is 6.07 Å². The molecule has 0 amide bonds. The molecule has 0 atom stereocenters. The van der Waals surface area contributed by atoms with Crippen LogP contribution in [0.25, 0.3) is 0 Å². The summed E-state index contributed by atoms with van der Waals surface area (Å²) in [7, 11) is 0. The van der Waals surface area contributed by atoms with Gasteiger partial charge >= 0.3 is 5.88 Å². The summed E-state index contributed by atoms with van der Waals surface area (Å²) in [6.07, 6.45) is 8.36. The summed E-state index contributed by atoms with van der Waals surface area (Å²) in [6.45, 7) is 4.35. The van der Waals surface area contributed by atoms with Crippen LogP contribution in [0.2, 0.25) is 0 Å². The van der Waals surface area contributed by atoms with E-state index in [4.69, 9.17) is 4.74 Å². The topological polar surface area (TPSA) is 36.2 Å². The molecule has 0 aliphatic carbocycles. The zero-order valence-corrected chi connectivity index (χ0v) is 10.9. The van der Waals surface area contributed by atoms with Crippen LogP contribution in [0.1, 0.15) is 52.4 Å². The van der Waals surface area contributed by atoms with E-state index in [1.807, 2.05) is 6.07 Å². The van der Waals surface area contributed by atoms with Crippen LogP contribution >= 0.6 is 0 Å². The maximum absolute atomic E-state index is 11.5. The quantitative estimate of drug-likeness (QED) is 0.513. The Bertz CT molecular complexity index is 307. The minimum absolute atomic E-state index is 0.178. The van der Waals surface area contributed by atoms with E-state index in [9.17, 15) is 5.21 Å². The summed E-state index contributed by atoms with van der Waals surface area (Å²) in [5.41, 5.74) is 0. The minimum Gasteiger partial charge on any atom is -0.616 e. The van der Waals surface area contributed by atoms with Crippen LogP contribution in [0, 0.1) is 5.21 Å². The molecule has 0 unspecified atom stereocenters. The zero-order valence-electron chi connectivity index (χ0n) is 10.9. The van der Waals surface area contributed by atoms with Crippen molar-refractivity contribution in [2.75, 3.05) is 0 Å². The fourth-order valence-electron chi connectivity index (χ4n) is 1.80. The number of hydrogen-bond acceptors (Lipinski definition) is 2. The van der Waals surface area contributed by atoms with Crippen LogP contribution < -0.4 is 9.47 Å². The molecule has 0 aliphatic heterocycles. The lowest BCUT2D eigenvalue weighted by atomic mass is 10.1. The van der Waals surface area contributed by atoms with Gasteiger partial charge in [0, 0.05) is 6.07 Å². The highest BCUT2D eigenvalue weighted by atomic mass is 16.6. The Balaban J connectivity index is 2.55. The molecule has 1 rings (SSSR count). The first kappa shape index (κ1) is 13.8. The van der Waals surface area contributed by atoms with Crippen molar-refractivity contribution in [3.63, 3.8) is 0 Å². The lowest BCUT2D eigenvalue weighted by molar-refractivity contribution is -0.613. The van der Waals surface area contributed by atoms with E-state index < -0.39 is 0 Å². The Kier molecular flexibility index (Phi) is 6.45. The third-order valence-electron chi connectivity index (χ3n) is 2.84. The fraction of sp³-hybridized carbons (Fsp3) is 0.643. The van der Waals surface area contributed by atoms with E-state index in [2.05, 4.69) is 13.8 Å². The normalized spacial score (nSPS) is 10.8. The Morgan fingerprint density at radius 2 is 1.82 bits per heavy atom. The molecule has 0 saturated carbocycles. The van der Waals surface area contributed by atoms with Gasteiger partial charge in [-0.3, -0.25) is 0 Å². The second-order valence-corrected chi connectivity index (χ2v) is 4.39. The standard InChI is InChI=1S/C14H23NO2/c1-3-5-9-13(10-6-4-2)17-14-11-7-8-12-15(14)16/h7-8,11-13H,3-6,9-10H2,1-2H3. The second-order valence-electron chi connectivity index (χ2n) is 4.39. The van der Waals surface area contributed by atoms with Crippen LogP contribution in [0.5, 0.6) is 5.88 Å². The highest BCUT2D eigenvalue weighted by Gasteiger charge is 2.14. The first-order valence-electron chi connectivity index (χ1n) is 6.62. The van der Waals surface area contributed by atoms with Crippen molar-refractivity contribution in [1.82, 2.24) is 0 Å². The Hall–Kier alpha value is -1.25. The second kappa shape index (κ2) is 7.93. The van der Waals surface area contributed by atoms with Gasteiger partial charge in [0.1, 0.15) is 6.10 Å². The van der Waals surface area contributed by atoms with E-state index >= 15 is 0 Å². The first-order valence-corrected chi connectivity index (χ1v) is 6.62. The third kappa shape index (κ3) is 5.07. The number of nitrogens with zero attached hydrogens (tertiary/aromatic N) is 1. The maximum atomic E-state index is 11.5. The van der Waals surface area contributed by atoms with Gasteiger partial charge in [-0.1, -0.05) is 39.5 Å². The van der Waals surface area contributed by atoms with E-state index in [1.54, 1.807) is 12.1 Å². The van der Waals surface area contributed by atoms with Crippen LogP contribution in [0.4, 0.5) is 0 Å². The molecule has 96 valence electrons. The molecular weight excluding hydrogens is 214 g/mol. The molecule has 0 aromatic carbocycles. The Labute approximate surface area is 104 Å². The van der Waals surface area contributed by atoms with Crippen LogP contribution in [-0.2, 0) is 0 Å². The van der Waals surface area contributed by atoms with Crippen molar-refractivity contribution in [2.45, 2.75) is 58.5 Å². The molecule has 1 aromatic rings. The molecule has 0 fully saturated rings. The summed E-state index contributed by atoms with van der Waals surface area (Å²) in [6, 6.07) is 5.28. The largest absolute Gasteiger partial charge is 0.616 e. The molecular formula is C14H23NO2. The molecule has 1 aromatic heterocycles. The molecule has 0 N–H and O–H groups in total. The van der Waals surface area contributed by atoms with Crippen molar-refractivity contribution in [3.8, 4) is 5.88 Å². The van der Waals surface area contributed by atoms with E-state index in [0.29, 0.717) is 5.88 Å². The van der Waals surface area contributed by atoms with Gasteiger partial charge in [-0.25, -0.2) is 0 Å². The summed E-state index contributed by atoms with van der Waals surface area (Å²) in [5, 5.41) is 11.5. The SMILES string of the molecule is CCCCC(CCCC)Oc1cccc[n+]1[O-]. The summed E-state index contributed by atoms with van der Waals surface area (Å²) < 4.78 is 6.60. The van der Waals surface area contributed by atoms with Crippen LogP contribution in [0.3, 0.4) is 0 Å². The molecule has 0 spiro atoms. The lowest BCUT2D eigenvalue weighted by Gasteiger charge is -2.17. The lowest BCUT2D eigenvalue weighted by Crippen LogP contribution is -2.31. The zero-order chi connectivity index (χ0) is 12.5. The monoisotopic (exact) mass is 237 g/mol. The van der Waals surface area contributed by atoms with Crippen molar-refractivity contribution < 1.29 is 9.47 Å². The van der Waals surface area contributed by atoms with Gasteiger partial charge in [0.2, 0.25) is 0 Å². The molecule has 1 heterocycles. The van der Waals surface area contributed by atoms with Crippen LogP contribution in [0.15, 0.2) is 24.4 Å². The van der Waals surface area contributed by atoms with Gasteiger partial charge in [-0.05, 0) is 18.9 Å². The predicted molar refractivity (Wildman–Crippen MR) is 68.9 cm³/mol. The number of rotatable bonds is 8. The first-order chi connectivity index (χ1) is 8.27. The average Bonchev–Trinajstić information content (AvgIpc) is 2.35. The molecule has 0 saturated heterocycles. The molecule has 0 radical (unpaired) electrons. The smallest absolute Gasteiger partial charge is 0.379 e. The highest BCUT2D eigenvalue weighted by Crippen LogP contribution is 2.15. The van der Waals surface area contributed by atoms with Gasteiger partial charge in [0.25, 0.3) is 0 Å². The maximum Gasteiger partial charge on any atom is 0.379 e. The third-order valence-corrected chi connectivity index (χ3v) is 2.84. The van der Waals surface area contributed by atoms with Crippen molar-refractivity contribution in [1.29, 1.82) is 0 Å². The molecule has 0 aliphatic rings. The molecule has 17 heavy (non-hydrogen) atoms. The van der Waals surface area contributed by atoms with E-state index in [1.165, 1.54) is 6.20 Å². The molecule has 3 nitrogen and oxygen atoms in total. The van der Waals surface area contributed by atoms with E-state index in [-0.39, 0.29) is 6.10 Å². The molecule has 0 bridgehead atoms. The minimum atomic E-state index is 0.178. The Morgan fingerprint density at radius 3 is 2.35 bits per heavy atom. The molecule has 3 heteroatoms. The number of ether oxygens (including phenoxy) is 1. The van der Waals surface area contributed by atoms with Crippen molar-refractivity contribution >= 4 is 0 Å². The number of unbranched alkanes of at least 4 members (excludes halogenated alkanes) is 2. The number of aromatic nitrogens is 1. The number of pyridine rings is 1. The van der Waals surface area contributed by atoms with Crippen LogP contribution in [-0.4, -0.2) is 6.10 Å². The van der Waals surface area contributed by atoms with Gasteiger partial charge in [-0.15, -0.1) is 4.73 Å². The average molecular weight is 237 g/mol. The van der Waals surface area contributed by atoms with Gasteiger partial charge in [-0.2, -0.15) is 0 Å². The number of hydrogen-bond donors (Lipinski definition) is 0. The highest BCUT2D eigenvalue weighted by molar-refractivity contribution is 5.03. The van der Waals surface area contributed by atoms with Crippen molar-refractivity contribution in [3.05, 3.63) is 29.6 Å². The van der Waals surface area contributed by atoms with Gasteiger partial charge in [0.15, 0.2) is 6.20 Å². The summed E-state index contributed by atoms with van der Waals surface area (Å²) >= 11 is 0. The summed E-state index contributed by atoms with van der Waals surface area (Å²) in [4.78, 5) is 0. The Morgan fingerprint density at radius 1 is 1.18 bits per heavy atom. The van der Waals surface area contributed by atoms with Gasteiger partial charge < -0.3 is 9.94 Å². The predicted octanol–water partition coefficient (Wildman–Crippen LogP) is 3.45. The fourth-order valence-corrected chi connectivity index (χ4v) is 1.80.